The average Bonchev–Trinajstić information content (AvgIpc) is 2.51. The first-order chi connectivity index (χ1) is 6.18. The summed E-state index contributed by atoms with van der Waals surface area (Å²) >= 11 is 0. The fourth-order valence-electron chi connectivity index (χ4n) is 0.649. The van der Waals surface area contributed by atoms with Crippen LogP contribution in [0.1, 0.15) is 5.69 Å². The summed E-state index contributed by atoms with van der Waals surface area (Å²) in [5.41, 5.74) is 16.1. The van der Waals surface area contributed by atoms with Crippen molar-refractivity contribution < 1.29 is 4.52 Å². The number of aliphatic imine (C=N–C) groups is 2. The van der Waals surface area contributed by atoms with E-state index in [4.69, 9.17) is 17.2 Å². The molecule has 6 N–H and O–H groups in total. The predicted octanol–water partition coefficient (Wildman–Crippen LogP) is -1.24. The van der Waals surface area contributed by atoms with E-state index in [0.717, 1.165) is 0 Å². The van der Waals surface area contributed by atoms with Crippen molar-refractivity contribution in [3.05, 3.63) is 18.0 Å². The summed E-state index contributed by atoms with van der Waals surface area (Å²) in [5.74, 6) is -0.107. The summed E-state index contributed by atoms with van der Waals surface area (Å²) in [4.78, 5) is 7.35. The van der Waals surface area contributed by atoms with Gasteiger partial charge in [0.15, 0.2) is 5.96 Å². The zero-order valence-electron chi connectivity index (χ0n) is 6.84. The smallest absolute Gasteiger partial charge is 0.218 e. The molecule has 0 spiro atoms. The third-order valence-electron chi connectivity index (χ3n) is 1.14. The summed E-state index contributed by atoms with van der Waals surface area (Å²) in [7, 11) is 0. The molecule has 0 radical (unpaired) electrons. The van der Waals surface area contributed by atoms with E-state index in [9.17, 15) is 0 Å². The van der Waals surface area contributed by atoms with Crippen molar-refractivity contribution >= 4 is 11.9 Å². The zero-order chi connectivity index (χ0) is 9.68. The van der Waals surface area contributed by atoms with E-state index in [1.54, 1.807) is 6.07 Å². The maximum Gasteiger partial charge on any atom is 0.218 e. The Morgan fingerprint density at radius 1 is 1.46 bits per heavy atom. The molecule has 1 aromatic rings. The van der Waals surface area contributed by atoms with Gasteiger partial charge in [0, 0.05) is 6.07 Å². The highest BCUT2D eigenvalue weighted by Crippen LogP contribution is 1.95. The van der Waals surface area contributed by atoms with Gasteiger partial charge in [-0.25, -0.2) is 4.99 Å². The summed E-state index contributed by atoms with van der Waals surface area (Å²) in [6, 6.07) is 1.67. The second-order valence-corrected chi connectivity index (χ2v) is 2.20. The van der Waals surface area contributed by atoms with Gasteiger partial charge in [0.05, 0.1) is 6.54 Å². The molecule has 0 amide bonds. The Bertz CT molecular complexity index is 310. The zero-order valence-corrected chi connectivity index (χ0v) is 6.84. The van der Waals surface area contributed by atoms with Gasteiger partial charge in [0.25, 0.3) is 0 Å². The highest BCUT2D eigenvalue weighted by molar-refractivity contribution is 5.92. The molecule has 7 heteroatoms. The fourth-order valence-corrected chi connectivity index (χ4v) is 0.649. The number of rotatable bonds is 2. The monoisotopic (exact) mass is 182 g/mol. The highest BCUT2D eigenvalue weighted by Gasteiger charge is 1.94. The van der Waals surface area contributed by atoms with Crippen LogP contribution in [0.3, 0.4) is 0 Å². The van der Waals surface area contributed by atoms with Crippen LogP contribution in [0, 0.1) is 0 Å². The molecule has 0 unspecified atom stereocenters. The van der Waals surface area contributed by atoms with Gasteiger partial charge < -0.3 is 21.7 Å². The van der Waals surface area contributed by atoms with Gasteiger partial charge in [0.1, 0.15) is 12.0 Å². The lowest BCUT2D eigenvalue weighted by molar-refractivity contribution is 0.412. The second kappa shape index (κ2) is 4.10. The summed E-state index contributed by atoms with van der Waals surface area (Å²) in [6.45, 7) is 0.291. The van der Waals surface area contributed by atoms with E-state index in [2.05, 4.69) is 19.7 Å². The van der Waals surface area contributed by atoms with Gasteiger partial charge >= 0.3 is 0 Å². The van der Waals surface area contributed by atoms with Crippen molar-refractivity contribution in [1.82, 2.24) is 5.16 Å². The number of hydrogen-bond donors (Lipinski definition) is 3. The molecular formula is C6H10N6O. The Labute approximate surface area is 74.3 Å². The first-order valence-electron chi connectivity index (χ1n) is 3.47. The third-order valence-corrected chi connectivity index (χ3v) is 1.14. The first-order valence-corrected chi connectivity index (χ1v) is 3.47. The average molecular weight is 182 g/mol. The minimum absolute atomic E-state index is 0.0167. The van der Waals surface area contributed by atoms with Crippen LogP contribution in [0.2, 0.25) is 0 Å². The molecule has 1 aromatic heterocycles. The molecule has 0 fully saturated rings. The van der Waals surface area contributed by atoms with Gasteiger partial charge in [-0.2, -0.15) is 4.99 Å². The topological polar surface area (TPSA) is 129 Å². The normalized spacial score (nSPS) is 11.2. The molecule has 70 valence electrons. The van der Waals surface area contributed by atoms with E-state index in [1.807, 2.05) is 0 Å². The molecule has 1 heterocycles. The summed E-state index contributed by atoms with van der Waals surface area (Å²) < 4.78 is 4.58. The third kappa shape index (κ3) is 3.23. The minimum atomic E-state index is -0.124. The lowest BCUT2D eigenvalue weighted by Crippen LogP contribution is -2.26. The molecule has 13 heavy (non-hydrogen) atoms. The van der Waals surface area contributed by atoms with E-state index in [0.29, 0.717) is 12.2 Å². The number of nitrogens with zero attached hydrogens (tertiary/aromatic N) is 3. The Hall–Kier alpha value is -2.05. The van der Waals surface area contributed by atoms with Gasteiger partial charge in [-0.3, -0.25) is 0 Å². The lowest BCUT2D eigenvalue weighted by atomic mass is 10.4. The van der Waals surface area contributed by atoms with Crippen LogP contribution in [0.5, 0.6) is 0 Å². The number of guanidine groups is 2. The molecule has 0 saturated heterocycles. The van der Waals surface area contributed by atoms with E-state index >= 15 is 0 Å². The maximum atomic E-state index is 5.34. The fraction of sp³-hybridized carbons (Fsp3) is 0.167. The van der Waals surface area contributed by atoms with E-state index in [1.165, 1.54) is 6.26 Å². The Morgan fingerprint density at radius 3 is 2.77 bits per heavy atom. The van der Waals surface area contributed by atoms with Gasteiger partial charge in [-0.15, -0.1) is 0 Å². The quantitative estimate of drug-likeness (QED) is 0.389. The van der Waals surface area contributed by atoms with Crippen molar-refractivity contribution in [2.75, 3.05) is 0 Å². The van der Waals surface area contributed by atoms with Crippen LogP contribution < -0.4 is 17.2 Å². The lowest BCUT2D eigenvalue weighted by Gasteiger charge is -1.92. The van der Waals surface area contributed by atoms with E-state index in [-0.39, 0.29) is 11.9 Å². The number of aromatic nitrogens is 1. The minimum Gasteiger partial charge on any atom is -0.370 e. The first kappa shape index (κ1) is 9.04. The van der Waals surface area contributed by atoms with Crippen LogP contribution in [0.4, 0.5) is 0 Å². The van der Waals surface area contributed by atoms with Crippen LogP contribution >= 0.6 is 0 Å². The molecule has 0 aromatic carbocycles. The van der Waals surface area contributed by atoms with Crippen molar-refractivity contribution in [2.24, 2.45) is 27.2 Å². The molecular weight excluding hydrogens is 172 g/mol. The van der Waals surface area contributed by atoms with E-state index < -0.39 is 0 Å². The second-order valence-electron chi connectivity index (χ2n) is 2.20. The standard InChI is InChI=1S/C6H10N6O/c7-5(8)11-6(9)10-3-4-1-2-13-12-4/h1-2H,3H2,(H6,7,8,9,10,11). The number of hydrogen-bond acceptors (Lipinski definition) is 3. The van der Waals surface area contributed by atoms with Crippen molar-refractivity contribution in [3.8, 4) is 0 Å². The van der Waals surface area contributed by atoms with Crippen molar-refractivity contribution in [2.45, 2.75) is 6.54 Å². The Morgan fingerprint density at radius 2 is 2.23 bits per heavy atom. The molecule has 0 atom stereocenters. The highest BCUT2D eigenvalue weighted by atomic mass is 16.5. The van der Waals surface area contributed by atoms with Gasteiger partial charge in [0.2, 0.25) is 5.96 Å². The molecule has 0 saturated carbocycles. The molecule has 0 bridgehead atoms. The van der Waals surface area contributed by atoms with Gasteiger partial charge in [-0.1, -0.05) is 5.16 Å². The van der Waals surface area contributed by atoms with Gasteiger partial charge in [-0.05, 0) is 0 Å². The summed E-state index contributed by atoms with van der Waals surface area (Å²) in [6.07, 6.45) is 1.45. The molecule has 0 aliphatic heterocycles. The largest absolute Gasteiger partial charge is 0.370 e. The van der Waals surface area contributed by atoms with Crippen LogP contribution in [-0.4, -0.2) is 17.1 Å². The molecule has 1 rings (SSSR count). The number of nitrogens with two attached hydrogens (primary N) is 3. The summed E-state index contributed by atoms with van der Waals surface area (Å²) in [5, 5.41) is 3.62. The predicted molar refractivity (Wildman–Crippen MR) is 47.6 cm³/mol. The molecule has 0 aliphatic rings. The Kier molecular flexibility index (Phi) is 2.85. The Balaban J connectivity index is 2.53. The molecule has 0 aliphatic carbocycles. The molecule has 7 nitrogen and oxygen atoms in total. The SMILES string of the molecule is NC(N)=NC(N)=NCc1ccon1. The maximum absolute atomic E-state index is 5.34. The van der Waals surface area contributed by atoms with Crippen LogP contribution in [0.25, 0.3) is 0 Å². The van der Waals surface area contributed by atoms with Crippen LogP contribution in [-0.2, 0) is 6.54 Å². The van der Waals surface area contributed by atoms with Crippen molar-refractivity contribution in [1.29, 1.82) is 0 Å². The van der Waals surface area contributed by atoms with Crippen LogP contribution in [0.15, 0.2) is 26.8 Å². The van der Waals surface area contributed by atoms with Crippen molar-refractivity contribution in [3.63, 3.8) is 0 Å².